The summed E-state index contributed by atoms with van der Waals surface area (Å²) in [7, 11) is 2.07. The topological polar surface area (TPSA) is 17.8 Å². The largest absolute Gasteiger partial charge is 0.327 e. The number of allylic oxidation sites excluding steroid dienone is 1. The first-order valence-electron chi connectivity index (χ1n) is 6.01. The summed E-state index contributed by atoms with van der Waals surface area (Å²) in [6, 6.07) is 10.3. The van der Waals surface area contributed by atoms with Crippen LogP contribution in [0, 0.1) is 0 Å². The highest BCUT2D eigenvalue weighted by molar-refractivity contribution is 5.61. The highest BCUT2D eigenvalue weighted by Gasteiger charge is 2.11. The van der Waals surface area contributed by atoms with Gasteiger partial charge in [-0.3, -0.25) is 0 Å². The quantitative estimate of drug-likeness (QED) is 0.780. The zero-order valence-corrected chi connectivity index (χ0v) is 10.6. The van der Waals surface area contributed by atoms with E-state index in [1.54, 1.807) is 0 Å². The molecule has 0 amide bonds. The standard InChI is InChI=1S/C15H18N2/c1-4-9-14-13(5-2)16-15(17(14)3)12-10-7-6-8-11-12/h4,6-11H,5H2,1-3H3/b9-4-. The number of hydrogen-bond donors (Lipinski definition) is 0. The average Bonchev–Trinajstić information content (AvgIpc) is 2.69. The molecule has 2 nitrogen and oxygen atoms in total. The molecule has 1 aromatic heterocycles. The fraction of sp³-hybridized carbons (Fsp3) is 0.267. The van der Waals surface area contributed by atoms with E-state index in [1.165, 1.54) is 11.3 Å². The summed E-state index contributed by atoms with van der Waals surface area (Å²) in [6.07, 6.45) is 5.14. The molecule has 0 fully saturated rings. The molecule has 1 aromatic carbocycles. The van der Waals surface area contributed by atoms with Crippen LogP contribution >= 0.6 is 0 Å². The Morgan fingerprint density at radius 3 is 2.53 bits per heavy atom. The van der Waals surface area contributed by atoms with Gasteiger partial charge in [0.1, 0.15) is 5.82 Å². The van der Waals surface area contributed by atoms with Crippen molar-refractivity contribution in [2.45, 2.75) is 20.3 Å². The average molecular weight is 226 g/mol. The molecule has 0 saturated carbocycles. The number of imidazole rings is 1. The molecule has 17 heavy (non-hydrogen) atoms. The first-order chi connectivity index (χ1) is 8.27. The van der Waals surface area contributed by atoms with Crippen LogP contribution in [0.1, 0.15) is 25.2 Å². The maximum Gasteiger partial charge on any atom is 0.140 e. The lowest BCUT2D eigenvalue weighted by molar-refractivity contribution is 0.909. The Labute approximate surface area is 103 Å². The summed E-state index contributed by atoms with van der Waals surface area (Å²) in [5.41, 5.74) is 3.53. The molecule has 0 radical (unpaired) electrons. The highest BCUT2D eigenvalue weighted by atomic mass is 15.1. The molecule has 1 heterocycles. The van der Waals surface area contributed by atoms with Crippen molar-refractivity contribution in [1.82, 2.24) is 9.55 Å². The van der Waals surface area contributed by atoms with Crippen LogP contribution < -0.4 is 0 Å². The number of nitrogens with zero attached hydrogens (tertiary/aromatic N) is 2. The zero-order valence-electron chi connectivity index (χ0n) is 10.6. The first-order valence-corrected chi connectivity index (χ1v) is 6.01. The minimum absolute atomic E-state index is 0.959. The Balaban J connectivity index is 2.57. The second-order valence-electron chi connectivity index (χ2n) is 4.05. The minimum Gasteiger partial charge on any atom is -0.327 e. The third-order valence-electron chi connectivity index (χ3n) is 2.91. The molecule has 0 aliphatic rings. The van der Waals surface area contributed by atoms with Crippen molar-refractivity contribution in [3.63, 3.8) is 0 Å². The molecule has 0 saturated heterocycles. The van der Waals surface area contributed by atoms with Crippen LogP contribution in [0.3, 0.4) is 0 Å². The van der Waals surface area contributed by atoms with E-state index >= 15 is 0 Å². The lowest BCUT2D eigenvalue weighted by Gasteiger charge is -2.03. The van der Waals surface area contributed by atoms with Crippen LogP contribution in [0.2, 0.25) is 0 Å². The fourth-order valence-electron chi connectivity index (χ4n) is 2.04. The predicted octanol–water partition coefficient (Wildman–Crippen LogP) is 3.68. The van der Waals surface area contributed by atoms with Crippen molar-refractivity contribution in [3.8, 4) is 11.4 Å². The molecular weight excluding hydrogens is 208 g/mol. The molecule has 0 unspecified atom stereocenters. The van der Waals surface area contributed by atoms with E-state index in [9.17, 15) is 0 Å². The normalized spacial score (nSPS) is 11.2. The molecule has 0 N–H and O–H groups in total. The summed E-state index contributed by atoms with van der Waals surface area (Å²) in [6.45, 7) is 4.18. The SMILES string of the molecule is C/C=C\c1c(CC)nc(-c2ccccc2)n1C. The monoisotopic (exact) mass is 226 g/mol. The van der Waals surface area contributed by atoms with Crippen molar-refractivity contribution in [1.29, 1.82) is 0 Å². The van der Waals surface area contributed by atoms with Gasteiger partial charge < -0.3 is 4.57 Å². The summed E-state index contributed by atoms with van der Waals surface area (Å²) in [5.74, 6) is 1.04. The van der Waals surface area contributed by atoms with Crippen molar-refractivity contribution in [2.75, 3.05) is 0 Å². The van der Waals surface area contributed by atoms with Gasteiger partial charge in [0.2, 0.25) is 0 Å². The lowest BCUT2D eigenvalue weighted by Crippen LogP contribution is -1.95. The summed E-state index contributed by atoms with van der Waals surface area (Å²) in [5, 5.41) is 0. The molecule has 2 heteroatoms. The molecule has 2 aromatic rings. The third-order valence-corrected chi connectivity index (χ3v) is 2.91. The molecular formula is C15H18N2. The van der Waals surface area contributed by atoms with Crippen molar-refractivity contribution in [3.05, 3.63) is 47.8 Å². The van der Waals surface area contributed by atoms with E-state index in [0.29, 0.717) is 0 Å². The molecule has 0 spiro atoms. The van der Waals surface area contributed by atoms with Crippen LogP contribution in [0.25, 0.3) is 17.5 Å². The Morgan fingerprint density at radius 1 is 1.24 bits per heavy atom. The zero-order chi connectivity index (χ0) is 12.3. The second-order valence-corrected chi connectivity index (χ2v) is 4.05. The Kier molecular flexibility index (Phi) is 3.43. The first kappa shape index (κ1) is 11.6. The van der Waals surface area contributed by atoms with Crippen molar-refractivity contribution < 1.29 is 0 Å². The van der Waals surface area contributed by atoms with Crippen molar-refractivity contribution in [2.24, 2.45) is 7.05 Å². The molecule has 0 aliphatic heterocycles. The number of benzene rings is 1. The Morgan fingerprint density at radius 2 is 1.94 bits per heavy atom. The van der Waals surface area contributed by atoms with Gasteiger partial charge in [0.05, 0.1) is 11.4 Å². The maximum absolute atomic E-state index is 4.73. The van der Waals surface area contributed by atoms with E-state index in [2.05, 4.69) is 42.8 Å². The van der Waals surface area contributed by atoms with Gasteiger partial charge in [0.25, 0.3) is 0 Å². The van der Waals surface area contributed by atoms with E-state index in [1.807, 2.05) is 25.1 Å². The third kappa shape index (κ3) is 2.16. The fourth-order valence-corrected chi connectivity index (χ4v) is 2.04. The minimum atomic E-state index is 0.959. The Bertz CT molecular complexity index is 521. The number of aryl methyl sites for hydroxylation is 1. The highest BCUT2D eigenvalue weighted by Crippen LogP contribution is 2.22. The van der Waals surface area contributed by atoms with E-state index in [0.717, 1.165) is 17.9 Å². The van der Waals surface area contributed by atoms with Crippen molar-refractivity contribution >= 4 is 6.08 Å². The van der Waals surface area contributed by atoms with Gasteiger partial charge in [-0.2, -0.15) is 0 Å². The summed E-state index contributed by atoms with van der Waals surface area (Å²) >= 11 is 0. The number of aromatic nitrogens is 2. The van der Waals surface area contributed by atoms with Gasteiger partial charge >= 0.3 is 0 Å². The van der Waals surface area contributed by atoms with Crippen LogP contribution in [0.15, 0.2) is 36.4 Å². The van der Waals surface area contributed by atoms with Gasteiger partial charge in [0.15, 0.2) is 0 Å². The molecule has 2 rings (SSSR count). The Hall–Kier alpha value is -1.83. The smallest absolute Gasteiger partial charge is 0.140 e. The summed E-state index contributed by atoms with van der Waals surface area (Å²) in [4.78, 5) is 4.73. The van der Waals surface area contributed by atoms with Crippen LogP contribution in [0.4, 0.5) is 0 Å². The van der Waals surface area contributed by atoms with Crippen LogP contribution in [0.5, 0.6) is 0 Å². The van der Waals surface area contributed by atoms with Crippen LogP contribution in [-0.4, -0.2) is 9.55 Å². The van der Waals surface area contributed by atoms with Gasteiger partial charge in [-0.15, -0.1) is 0 Å². The maximum atomic E-state index is 4.73. The van der Waals surface area contributed by atoms with Gasteiger partial charge in [-0.1, -0.05) is 43.3 Å². The molecule has 0 bridgehead atoms. The van der Waals surface area contributed by atoms with E-state index < -0.39 is 0 Å². The molecule has 88 valence electrons. The van der Waals surface area contributed by atoms with Gasteiger partial charge in [-0.05, 0) is 19.4 Å². The van der Waals surface area contributed by atoms with Crippen LogP contribution in [-0.2, 0) is 13.5 Å². The second kappa shape index (κ2) is 5.00. The summed E-state index contributed by atoms with van der Waals surface area (Å²) < 4.78 is 2.16. The number of hydrogen-bond acceptors (Lipinski definition) is 1. The van der Waals surface area contributed by atoms with Gasteiger partial charge in [-0.25, -0.2) is 4.98 Å². The van der Waals surface area contributed by atoms with E-state index in [4.69, 9.17) is 4.98 Å². The molecule has 0 atom stereocenters. The number of rotatable bonds is 3. The van der Waals surface area contributed by atoms with Gasteiger partial charge in [0, 0.05) is 12.6 Å². The van der Waals surface area contributed by atoms with E-state index in [-0.39, 0.29) is 0 Å². The lowest BCUT2D eigenvalue weighted by atomic mass is 10.2. The molecule has 0 aliphatic carbocycles. The predicted molar refractivity (Wildman–Crippen MR) is 72.7 cm³/mol.